The molecular formula is C19H31FN4S. The van der Waals surface area contributed by atoms with E-state index in [0.29, 0.717) is 6.54 Å². The van der Waals surface area contributed by atoms with Crippen LogP contribution in [0.4, 0.5) is 4.39 Å². The smallest absolute Gasteiger partial charge is 0.169 e. The predicted molar refractivity (Wildman–Crippen MR) is 106 cm³/mol. The molecule has 1 aliphatic heterocycles. The van der Waals surface area contributed by atoms with Crippen molar-refractivity contribution >= 4 is 17.3 Å². The van der Waals surface area contributed by atoms with Crippen molar-refractivity contribution in [2.75, 3.05) is 52.4 Å². The topological polar surface area (TPSA) is 21.8 Å². The lowest BCUT2D eigenvalue weighted by atomic mass is 10.2. The Balaban J connectivity index is 1.65. The molecule has 1 aromatic rings. The van der Waals surface area contributed by atoms with Gasteiger partial charge in [0.15, 0.2) is 5.11 Å². The van der Waals surface area contributed by atoms with Crippen LogP contribution in [0.25, 0.3) is 0 Å². The zero-order chi connectivity index (χ0) is 18.1. The number of rotatable bonds is 8. The first kappa shape index (κ1) is 20.1. The van der Waals surface area contributed by atoms with Gasteiger partial charge in [0.2, 0.25) is 0 Å². The van der Waals surface area contributed by atoms with Gasteiger partial charge in [-0.25, -0.2) is 4.39 Å². The standard InChI is InChI=1S/C19H31FN4S/c1-3-22(4-2)11-7-10-21-19(25)24-14-12-23(13-15-24)16-17-8-5-6-9-18(17)20/h5-6,8-9H,3-4,7,10-16H2,1-2H3,(H,21,25). The Bertz CT molecular complexity index is 528. The molecule has 0 aliphatic carbocycles. The average molecular weight is 367 g/mol. The molecule has 0 atom stereocenters. The summed E-state index contributed by atoms with van der Waals surface area (Å²) < 4.78 is 13.8. The Morgan fingerprint density at radius 3 is 2.48 bits per heavy atom. The Morgan fingerprint density at radius 1 is 1.16 bits per heavy atom. The highest BCUT2D eigenvalue weighted by Crippen LogP contribution is 2.12. The summed E-state index contributed by atoms with van der Waals surface area (Å²) >= 11 is 5.52. The minimum Gasteiger partial charge on any atom is -0.363 e. The highest BCUT2D eigenvalue weighted by atomic mass is 32.1. The number of hydrogen-bond donors (Lipinski definition) is 1. The fourth-order valence-corrected chi connectivity index (χ4v) is 3.41. The highest BCUT2D eigenvalue weighted by molar-refractivity contribution is 7.80. The van der Waals surface area contributed by atoms with Gasteiger partial charge in [-0.05, 0) is 44.3 Å². The van der Waals surface area contributed by atoms with Gasteiger partial charge in [-0.15, -0.1) is 0 Å². The van der Waals surface area contributed by atoms with Gasteiger partial charge in [-0.3, -0.25) is 4.90 Å². The van der Waals surface area contributed by atoms with Crippen molar-refractivity contribution in [2.24, 2.45) is 0 Å². The van der Waals surface area contributed by atoms with Crippen molar-refractivity contribution in [3.8, 4) is 0 Å². The van der Waals surface area contributed by atoms with Gasteiger partial charge < -0.3 is 15.1 Å². The third-order valence-corrected chi connectivity index (χ3v) is 5.24. The Kier molecular flexibility index (Phi) is 8.58. The number of hydrogen-bond acceptors (Lipinski definition) is 3. The van der Waals surface area contributed by atoms with Gasteiger partial charge in [0, 0.05) is 44.8 Å². The third-order valence-electron chi connectivity index (χ3n) is 4.83. The number of nitrogens with one attached hydrogen (secondary N) is 1. The minimum absolute atomic E-state index is 0.115. The lowest BCUT2D eigenvalue weighted by molar-refractivity contribution is 0.173. The molecule has 0 unspecified atom stereocenters. The summed E-state index contributed by atoms with van der Waals surface area (Å²) in [7, 11) is 0. The Hall–Kier alpha value is -1.24. The van der Waals surface area contributed by atoms with Gasteiger partial charge in [-0.1, -0.05) is 32.0 Å². The number of thiocarbonyl (C=S) groups is 1. The van der Waals surface area contributed by atoms with Crippen molar-refractivity contribution in [3.05, 3.63) is 35.6 Å². The van der Waals surface area contributed by atoms with Gasteiger partial charge >= 0.3 is 0 Å². The summed E-state index contributed by atoms with van der Waals surface area (Å²) in [6.07, 6.45) is 1.11. The SMILES string of the molecule is CCN(CC)CCCNC(=S)N1CCN(Cc2ccccc2F)CC1. The first-order chi connectivity index (χ1) is 12.1. The summed E-state index contributed by atoms with van der Waals surface area (Å²) in [6, 6.07) is 7.03. The molecule has 6 heteroatoms. The van der Waals surface area contributed by atoms with Crippen LogP contribution >= 0.6 is 12.2 Å². The first-order valence-electron chi connectivity index (χ1n) is 9.35. The van der Waals surface area contributed by atoms with Crippen LogP contribution in [0, 0.1) is 5.82 Å². The van der Waals surface area contributed by atoms with Crippen molar-refractivity contribution in [2.45, 2.75) is 26.8 Å². The van der Waals surface area contributed by atoms with Gasteiger partial charge in [-0.2, -0.15) is 0 Å². The van der Waals surface area contributed by atoms with E-state index in [4.69, 9.17) is 12.2 Å². The molecule has 140 valence electrons. The summed E-state index contributed by atoms with van der Waals surface area (Å²) in [5, 5.41) is 4.23. The van der Waals surface area contributed by atoms with Crippen molar-refractivity contribution in [1.29, 1.82) is 0 Å². The van der Waals surface area contributed by atoms with E-state index < -0.39 is 0 Å². The average Bonchev–Trinajstić information content (AvgIpc) is 2.64. The number of nitrogens with zero attached hydrogens (tertiary/aromatic N) is 3. The zero-order valence-electron chi connectivity index (χ0n) is 15.5. The van der Waals surface area contributed by atoms with E-state index in [1.54, 1.807) is 6.07 Å². The van der Waals surface area contributed by atoms with E-state index in [9.17, 15) is 4.39 Å². The lowest BCUT2D eigenvalue weighted by Crippen LogP contribution is -2.51. The van der Waals surface area contributed by atoms with Crippen molar-refractivity contribution in [3.63, 3.8) is 0 Å². The van der Waals surface area contributed by atoms with Crippen LogP contribution in [0.2, 0.25) is 0 Å². The highest BCUT2D eigenvalue weighted by Gasteiger charge is 2.19. The molecule has 0 aromatic heterocycles. The second-order valence-corrected chi connectivity index (χ2v) is 6.85. The van der Waals surface area contributed by atoms with Crippen LogP contribution in [0.5, 0.6) is 0 Å². The maximum Gasteiger partial charge on any atom is 0.169 e. The van der Waals surface area contributed by atoms with Crippen molar-refractivity contribution < 1.29 is 4.39 Å². The molecule has 0 saturated carbocycles. The number of piperazine rings is 1. The molecule has 1 aliphatic rings. The van der Waals surface area contributed by atoms with Gasteiger partial charge in [0.1, 0.15) is 5.82 Å². The van der Waals surface area contributed by atoms with Crippen LogP contribution in [0.15, 0.2) is 24.3 Å². The van der Waals surface area contributed by atoms with Gasteiger partial charge in [0.05, 0.1) is 0 Å². The molecule has 2 rings (SSSR count). The van der Waals surface area contributed by atoms with E-state index >= 15 is 0 Å². The third kappa shape index (κ3) is 6.53. The Labute approximate surface area is 157 Å². The van der Waals surface area contributed by atoms with Crippen molar-refractivity contribution in [1.82, 2.24) is 20.0 Å². The van der Waals surface area contributed by atoms with E-state index in [-0.39, 0.29) is 5.82 Å². The molecule has 1 heterocycles. The van der Waals surface area contributed by atoms with E-state index in [1.807, 2.05) is 12.1 Å². The molecule has 1 aromatic carbocycles. The van der Waals surface area contributed by atoms with Crippen LogP contribution in [0.3, 0.4) is 0 Å². The number of benzene rings is 1. The van der Waals surface area contributed by atoms with E-state index in [1.165, 1.54) is 6.07 Å². The summed E-state index contributed by atoms with van der Waals surface area (Å²) in [5.41, 5.74) is 0.771. The minimum atomic E-state index is -0.115. The molecule has 0 spiro atoms. The molecule has 1 saturated heterocycles. The summed E-state index contributed by atoms with van der Waals surface area (Å²) in [4.78, 5) is 6.94. The lowest BCUT2D eigenvalue weighted by Gasteiger charge is -2.36. The quantitative estimate of drug-likeness (QED) is 0.562. The molecular weight excluding hydrogens is 335 g/mol. The fraction of sp³-hybridized carbons (Fsp3) is 0.632. The largest absolute Gasteiger partial charge is 0.363 e. The molecule has 0 bridgehead atoms. The molecule has 0 amide bonds. The van der Waals surface area contributed by atoms with Gasteiger partial charge in [0.25, 0.3) is 0 Å². The second kappa shape index (κ2) is 10.7. The normalized spacial score (nSPS) is 15.6. The van der Waals surface area contributed by atoms with Crippen LogP contribution in [0.1, 0.15) is 25.8 Å². The summed E-state index contributed by atoms with van der Waals surface area (Å²) in [5.74, 6) is -0.115. The van der Waals surface area contributed by atoms with Crippen LogP contribution in [-0.2, 0) is 6.54 Å². The monoisotopic (exact) mass is 366 g/mol. The maximum atomic E-state index is 13.8. The molecule has 1 N–H and O–H groups in total. The molecule has 25 heavy (non-hydrogen) atoms. The fourth-order valence-electron chi connectivity index (χ4n) is 3.13. The van der Waals surface area contributed by atoms with E-state index in [0.717, 1.165) is 69.5 Å². The van der Waals surface area contributed by atoms with Crippen LogP contribution in [-0.4, -0.2) is 72.2 Å². The molecule has 1 fully saturated rings. The maximum absolute atomic E-state index is 13.8. The second-order valence-electron chi connectivity index (χ2n) is 6.47. The Morgan fingerprint density at radius 2 is 1.84 bits per heavy atom. The number of halogens is 1. The molecule has 4 nitrogen and oxygen atoms in total. The molecule has 0 radical (unpaired) electrons. The summed E-state index contributed by atoms with van der Waals surface area (Å²) in [6.45, 7) is 12.9. The van der Waals surface area contributed by atoms with E-state index in [2.05, 4.69) is 33.9 Å². The predicted octanol–water partition coefficient (Wildman–Crippen LogP) is 2.55. The zero-order valence-corrected chi connectivity index (χ0v) is 16.3. The van der Waals surface area contributed by atoms with Crippen LogP contribution < -0.4 is 5.32 Å². The first-order valence-corrected chi connectivity index (χ1v) is 9.75.